The van der Waals surface area contributed by atoms with Crippen LogP contribution in [0.5, 0.6) is 0 Å². The minimum atomic E-state index is -1.02. The number of rotatable bonds is 6. The molecule has 1 unspecified atom stereocenters. The third kappa shape index (κ3) is 3.72. The first-order valence-corrected chi connectivity index (χ1v) is 8.71. The lowest BCUT2D eigenvalue weighted by Gasteiger charge is -2.19. The molecule has 0 spiro atoms. The van der Waals surface area contributed by atoms with Gasteiger partial charge in [-0.3, -0.25) is 15.0 Å². The maximum absolute atomic E-state index is 12.3. The van der Waals surface area contributed by atoms with Gasteiger partial charge < -0.3 is 10.6 Å². The standard InChI is InChI=1S/C17H19ClN6O3/c1-3-17(2)15(26)24(16(27)21-17)22-14(25)10-19-12-9-11(18)5-6-13(12)23-8-4-7-20-23/h4-9,19H,3,10H2,1-2H3,(H,21,27)(H,22,25). The fourth-order valence-corrected chi connectivity index (χ4v) is 2.80. The van der Waals surface area contributed by atoms with Gasteiger partial charge in [0.1, 0.15) is 5.54 Å². The van der Waals surface area contributed by atoms with Gasteiger partial charge in [0, 0.05) is 17.4 Å². The summed E-state index contributed by atoms with van der Waals surface area (Å²) in [5.41, 5.74) is 2.59. The molecule has 3 N–H and O–H groups in total. The van der Waals surface area contributed by atoms with Crippen LogP contribution in [0.25, 0.3) is 5.69 Å². The molecule has 9 nitrogen and oxygen atoms in total. The number of carbonyl (C=O) groups excluding carboxylic acids is 3. The van der Waals surface area contributed by atoms with Crippen molar-refractivity contribution in [3.05, 3.63) is 41.7 Å². The molecule has 27 heavy (non-hydrogen) atoms. The number of hydrogen-bond acceptors (Lipinski definition) is 5. The summed E-state index contributed by atoms with van der Waals surface area (Å²) < 4.78 is 1.63. The molecule has 142 valence electrons. The van der Waals surface area contributed by atoms with Crippen LogP contribution < -0.4 is 16.1 Å². The number of nitrogens with zero attached hydrogens (tertiary/aromatic N) is 3. The maximum Gasteiger partial charge on any atom is 0.344 e. The van der Waals surface area contributed by atoms with Crippen molar-refractivity contribution in [2.75, 3.05) is 11.9 Å². The second-order valence-corrected chi connectivity index (χ2v) is 6.69. The predicted molar refractivity (Wildman–Crippen MR) is 99.3 cm³/mol. The highest BCUT2D eigenvalue weighted by Gasteiger charge is 2.47. The van der Waals surface area contributed by atoms with E-state index >= 15 is 0 Å². The molecule has 0 aliphatic carbocycles. The number of hydrogen-bond donors (Lipinski definition) is 3. The molecule has 1 aliphatic heterocycles. The molecular formula is C17H19ClN6O3. The van der Waals surface area contributed by atoms with Gasteiger partial charge in [0.2, 0.25) is 0 Å². The summed E-state index contributed by atoms with van der Waals surface area (Å²) in [5.74, 6) is -1.05. The lowest BCUT2D eigenvalue weighted by Crippen LogP contribution is -2.50. The summed E-state index contributed by atoms with van der Waals surface area (Å²) in [6, 6.07) is 6.25. The van der Waals surface area contributed by atoms with Crippen molar-refractivity contribution in [3.8, 4) is 5.69 Å². The Morgan fingerprint density at radius 1 is 1.37 bits per heavy atom. The van der Waals surface area contributed by atoms with Crippen molar-refractivity contribution in [3.63, 3.8) is 0 Å². The van der Waals surface area contributed by atoms with Gasteiger partial charge in [0.25, 0.3) is 11.8 Å². The summed E-state index contributed by atoms with van der Waals surface area (Å²) in [4.78, 5) is 36.5. The minimum absolute atomic E-state index is 0.172. The Morgan fingerprint density at radius 2 is 2.15 bits per heavy atom. The SMILES string of the molecule is CCC1(C)NC(=O)N(NC(=O)CNc2cc(Cl)ccc2-n2cccn2)C1=O. The molecule has 1 fully saturated rings. The van der Waals surface area contributed by atoms with Crippen molar-refractivity contribution in [1.29, 1.82) is 0 Å². The predicted octanol–water partition coefficient (Wildman–Crippen LogP) is 1.69. The number of hydrazine groups is 1. The van der Waals surface area contributed by atoms with Gasteiger partial charge in [-0.25, -0.2) is 9.48 Å². The summed E-state index contributed by atoms with van der Waals surface area (Å²) in [6.45, 7) is 3.22. The molecule has 1 aromatic heterocycles. The van der Waals surface area contributed by atoms with E-state index in [1.165, 1.54) is 0 Å². The number of aromatic nitrogens is 2. The molecule has 3 rings (SSSR count). The number of benzene rings is 1. The maximum atomic E-state index is 12.3. The van der Waals surface area contributed by atoms with Gasteiger partial charge in [0.15, 0.2) is 0 Å². The summed E-state index contributed by atoms with van der Waals surface area (Å²) in [7, 11) is 0. The monoisotopic (exact) mass is 390 g/mol. The number of urea groups is 1. The first kappa shape index (κ1) is 18.7. The van der Waals surface area contributed by atoms with Crippen LogP contribution >= 0.6 is 11.6 Å². The Kier molecular flexibility index (Phi) is 5.04. The Bertz CT molecular complexity index is 885. The van der Waals surface area contributed by atoms with E-state index in [-0.39, 0.29) is 6.54 Å². The normalized spacial score (nSPS) is 19.1. The van der Waals surface area contributed by atoms with Gasteiger partial charge in [-0.1, -0.05) is 18.5 Å². The smallest absolute Gasteiger partial charge is 0.344 e. The van der Waals surface area contributed by atoms with Crippen molar-refractivity contribution in [1.82, 2.24) is 25.5 Å². The topological polar surface area (TPSA) is 108 Å². The van der Waals surface area contributed by atoms with E-state index in [9.17, 15) is 14.4 Å². The molecule has 10 heteroatoms. The van der Waals surface area contributed by atoms with Gasteiger partial charge >= 0.3 is 6.03 Å². The highest BCUT2D eigenvalue weighted by molar-refractivity contribution is 6.31. The molecule has 4 amide bonds. The van der Waals surface area contributed by atoms with Crippen LogP contribution in [0.3, 0.4) is 0 Å². The van der Waals surface area contributed by atoms with Crippen LogP contribution in [0.1, 0.15) is 20.3 Å². The molecule has 1 aliphatic rings. The van der Waals surface area contributed by atoms with Gasteiger partial charge in [-0.05, 0) is 37.6 Å². The second kappa shape index (κ2) is 7.28. The van der Waals surface area contributed by atoms with Gasteiger partial charge in [-0.15, -0.1) is 0 Å². The lowest BCUT2D eigenvalue weighted by molar-refractivity contribution is -0.138. The van der Waals surface area contributed by atoms with Crippen LogP contribution in [-0.4, -0.2) is 44.7 Å². The largest absolute Gasteiger partial charge is 0.374 e. The van der Waals surface area contributed by atoms with Crippen molar-refractivity contribution >= 4 is 35.1 Å². The van der Waals surface area contributed by atoms with E-state index in [0.717, 1.165) is 0 Å². The average molecular weight is 391 g/mol. The first-order valence-electron chi connectivity index (χ1n) is 8.33. The van der Waals surface area contributed by atoms with Crippen LogP contribution in [-0.2, 0) is 9.59 Å². The third-order valence-corrected chi connectivity index (χ3v) is 4.59. The molecular weight excluding hydrogens is 372 g/mol. The number of halogens is 1. The molecule has 2 heterocycles. The van der Waals surface area contributed by atoms with E-state index in [0.29, 0.717) is 27.8 Å². The molecule has 1 aromatic carbocycles. The summed E-state index contributed by atoms with van der Waals surface area (Å²) in [5, 5.41) is 10.9. The Morgan fingerprint density at radius 3 is 2.78 bits per heavy atom. The molecule has 1 atom stereocenters. The average Bonchev–Trinajstić information content (AvgIpc) is 3.24. The Balaban J connectivity index is 1.68. The minimum Gasteiger partial charge on any atom is -0.374 e. The van der Waals surface area contributed by atoms with E-state index in [2.05, 4.69) is 21.2 Å². The van der Waals surface area contributed by atoms with Crippen molar-refractivity contribution < 1.29 is 14.4 Å². The van der Waals surface area contributed by atoms with E-state index in [1.54, 1.807) is 55.2 Å². The molecule has 0 saturated carbocycles. The van der Waals surface area contributed by atoms with Crippen molar-refractivity contribution in [2.24, 2.45) is 0 Å². The number of anilines is 1. The summed E-state index contributed by atoms with van der Waals surface area (Å²) >= 11 is 6.04. The zero-order valence-corrected chi connectivity index (χ0v) is 15.6. The van der Waals surface area contributed by atoms with E-state index in [1.807, 2.05) is 0 Å². The van der Waals surface area contributed by atoms with E-state index < -0.39 is 23.4 Å². The van der Waals surface area contributed by atoms with Gasteiger partial charge in [0.05, 0.1) is 17.9 Å². The molecule has 2 aromatic rings. The fourth-order valence-electron chi connectivity index (χ4n) is 2.63. The second-order valence-electron chi connectivity index (χ2n) is 6.26. The zero-order chi connectivity index (χ0) is 19.6. The van der Waals surface area contributed by atoms with Gasteiger partial charge in [-0.2, -0.15) is 10.1 Å². The van der Waals surface area contributed by atoms with E-state index in [4.69, 9.17) is 11.6 Å². The number of carbonyl (C=O) groups is 3. The zero-order valence-electron chi connectivity index (χ0n) is 14.8. The third-order valence-electron chi connectivity index (χ3n) is 4.35. The number of nitrogens with one attached hydrogen (secondary N) is 3. The highest BCUT2D eigenvalue weighted by Crippen LogP contribution is 2.24. The van der Waals surface area contributed by atoms with Crippen LogP contribution in [0, 0.1) is 0 Å². The van der Waals surface area contributed by atoms with Crippen molar-refractivity contribution in [2.45, 2.75) is 25.8 Å². The lowest BCUT2D eigenvalue weighted by atomic mass is 10.00. The van der Waals surface area contributed by atoms with Crippen LogP contribution in [0.2, 0.25) is 5.02 Å². The number of amides is 4. The quantitative estimate of drug-likeness (QED) is 0.650. The summed E-state index contributed by atoms with van der Waals surface area (Å²) in [6.07, 6.45) is 3.80. The number of imide groups is 1. The molecule has 0 bridgehead atoms. The van der Waals surface area contributed by atoms with Crippen LogP contribution in [0.15, 0.2) is 36.7 Å². The first-order chi connectivity index (χ1) is 12.8. The Hall–Kier alpha value is -3.07. The molecule has 1 saturated heterocycles. The molecule has 0 radical (unpaired) electrons. The van der Waals surface area contributed by atoms with Crippen LogP contribution in [0.4, 0.5) is 10.5 Å². The Labute approximate surface area is 160 Å². The fraction of sp³-hybridized carbons (Fsp3) is 0.294. The highest BCUT2D eigenvalue weighted by atomic mass is 35.5.